The standard InChI is InChI=1S/C20H29N3O3S/c1-15(24)23(13-16-4-11-27-14-16)18-12-20(18)5-7-22(8-6-20)19(25)21-17-2-9-26-10-3-17/h4,11,14,17-18H,2-3,5-10,12-13H2,1H3,(H,21,25). The van der Waals surface area contributed by atoms with Gasteiger partial charge in [-0.15, -0.1) is 0 Å². The predicted molar refractivity (Wildman–Crippen MR) is 105 cm³/mol. The van der Waals surface area contributed by atoms with Crippen LogP contribution in [-0.2, 0) is 16.1 Å². The summed E-state index contributed by atoms with van der Waals surface area (Å²) in [6, 6.07) is 2.74. The third-order valence-corrected chi connectivity index (χ3v) is 7.19. The summed E-state index contributed by atoms with van der Waals surface area (Å²) in [5, 5.41) is 7.34. The zero-order valence-corrected chi connectivity index (χ0v) is 16.8. The Bertz CT molecular complexity index is 664. The van der Waals surface area contributed by atoms with E-state index in [1.54, 1.807) is 18.3 Å². The van der Waals surface area contributed by atoms with E-state index in [2.05, 4.69) is 22.1 Å². The molecule has 6 nitrogen and oxygen atoms in total. The molecule has 27 heavy (non-hydrogen) atoms. The summed E-state index contributed by atoms with van der Waals surface area (Å²) in [6.45, 7) is 5.43. The van der Waals surface area contributed by atoms with Crippen LogP contribution in [0.15, 0.2) is 16.8 Å². The maximum Gasteiger partial charge on any atom is 0.317 e. The number of carbonyl (C=O) groups is 2. The van der Waals surface area contributed by atoms with Gasteiger partial charge in [0.1, 0.15) is 0 Å². The van der Waals surface area contributed by atoms with Gasteiger partial charge in [-0.3, -0.25) is 4.79 Å². The monoisotopic (exact) mass is 391 g/mol. The summed E-state index contributed by atoms with van der Waals surface area (Å²) in [4.78, 5) is 28.8. The van der Waals surface area contributed by atoms with Crippen molar-refractivity contribution in [2.45, 2.75) is 57.7 Å². The van der Waals surface area contributed by atoms with Gasteiger partial charge in [0.2, 0.25) is 5.91 Å². The topological polar surface area (TPSA) is 61.9 Å². The molecule has 2 aliphatic heterocycles. The summed E-state index contributed by atoms with van der Waals surface area (Å²) in [5.41, 5.74) is 1.43. The molecule has 0 aromatic carbocycles. The van der Waals surface area contributed by atoms with Crippen LogP contribution in [0.2, 0.25) is 0 Å². The van der Waals surface area contributed by atoms with Crippen LogP contribution < -0.4 is 5.32 Å². The minimum atomic E-state index is 0.0654. The molecule has 3 fully saturated rings. The molecule has 1 aromatic rings. The van der Waals surface area contributed by atoms with Crippen LogP contribution in [0.5, 0.6) is 0 Å². The highest BCUT2D eigenvalue weighted by atomic mass is 32.1. The summed E-state index contributed by atoms with van der Waals surface area (Å²) >= 11 is 1.67. The van der Waals surface area contributed by atoms with Crippen molar-refractivity contribution >= 4 is 23.3 Å². The first-order chi connectivity index (χ1) is 13.1. The number of likely N-dealkylation sites (tertiary alicyclic amines) is 1. The second-order valence-electron chi connectivity index (χ2n) is 8.18. The number of thiophene rings is 1. The number of hydrogen-bond donors (Lipinski definition) is 1. The molecular formula is C20H29N3O3S. The third-order valence-electron chi connectivity index (χ3n) is 6.46. The van der Waals surface area contributed by atoms with E-state index in [1.165, 1.54) is 5.56 Å². The molecule has 0 bridgehead atoms. The summed E-state index contributed by atoms with van der Waals surface area (Å²) in [7, 11) is 0. The highest BCUT2D eigenvalue weighted by Gasteiger charge is 2.58. The van der Waals surface area contributed by atoms with E-state index in [0.29, 0.717) is 12.6 Å². The minimum Gasteiger partial charge on any atom is -0.381 e. The molecule has 1 N–H and O–H groups in total. The van der Waals surface area contributed by atoms with Crippen molar-refractivity contribution in [3.8, 4) is 0 Å². The molecule has 4 rings (SSSR count). The Labute approximate surface area is 164 Å². The molecule has 1 saturated carbocycles. The van der Waals surface area contributed by atoms with Crippen molar-refractivity contribution in [1.29, 1.82) is 0 Å². The molecule has 3 aliphatic rings. The fourth-order valence-corrected chi connectivity index (χ4v) is 5.25. The predicted octanol–water partition coefficient (Wildman–Crippen LogP) is 2.84. The number of carbonyl (C=O) groups excluding carboxylic acids is 2. The molecule has 1 atom stereocenters. The lowest BCUT2D eigenvalue weighted by Crippen LogP contribution is -2.50. The van der Waals surface area contributed by atoms with Gasteiger partial charge >= 0.3 is 6.03 Å². The fourth-order valence-electron chi connectivity index (χ4n) is 4.59. The quantitative estimate of drug-likeness (QED) is 0.859. The van der Waals surface area contributed by atoms with E-state index in [4.69, 9.17) is 4.74 Å². The molecule has 3 amide bonds. The number of nitrogens with zero attached hydrogens (tertiary/aromatic N) is 2. The lowest BCUT2D eigenvalue weighted by Gasteiger charge is -2.36. The van der Waals surface area contributed by atoms with Gasteiger partial charge in [0, 0.05) is 51.9 Å². The molecule has 7 heteroatoms. The van der Waals surface area contributed by atoms with Crippen LogP contribution >= 0.6 is 11.3 Å². The van der Waals surface area contributed by atoms with Gasteiger partial charge in [-0.1, -0.05) is 0 Å². The zero-order valence-electron chi connectivity index (χ0n) is 16.0. The van der Waals surface area contributed by atoms with Gasteiger partial charge in [-0.05, 0) is 59.9 Å². The Kier molecular flexibility index (Phi) is 5.41. The smallest absolute Gasteiger partial charge is 0.317 e. The molecule has 1 unspecified atom stereocenters. The van der Waals surface area contributed by atoms with E-state index in [-0.39, 0.29) is 23.4 Å². The molecule has 1 aromatic heterocycles. The summed E-state index contributed by atoms with van der Waals surface area (Å²) in [6.07, 6.45) is 4.87. The largest absolute Gasteiger partial charge is 0.381 e. The average Bonchev–Trinajstić information content (AvgIpc) is 3.10. The van der Waals surface area contributed by atoms with Crippen LogP contribution in [0.25, 0.3) is 0 Å². The number of rotatable bonds is 4. The third kappa shape index (κ3) is 4.14. The Balaban J connectivity index is 1.29. The fraction of sp³-hybridized carbons (Fsp3) is 0.700. The maximum absolute atomic E-state index is 12.5. The minimum absolute atomic E-state index is 0.0654. The van der Waals surface area contributed by atoms with Gasteiger partial charge in [0.25, 0.3) is 0 Å². The molecule has 0 radical (unpaired) electrons. The van der Waals surface area contributed by atoms with Crippen LogP contribution in [-0.4, -0.2) is 60.1 Å². The van der Waals surface area contributed by atoms with Crippen molar-refractivity contribution in [3.05, 3.63) is 22.4 Å². The van der Waals surface area contributed by atoms with Gasteiger partial charge in [-0.2, -0.15) is 11.3 Å². The van der Waals surface area contributed by atoms with Crippen molar-refractivity contribution in [3.63, 3.8) is 0 Å². The summed E-state index contributed by atoms with van der Waals surface area (Å²) < 4.78 is 5.36. The number of hydrogen-bond acceptors (Lipinski definition) is 4. The Morgan fingerprint density at radius 3 is 2.70 bits per heavy atom. The highest BCUT2D eigenvalue weighted by Crippen LogP contribution is 2.57. The second-order valence-corrected chi connectivity index (χ2v) is 8.96. The van der Waals surface area contributed by atoms with Crippen LogP contribution in [0, 0.1) is 5.41 Å². The second kappa shape index (κ2) is 7.80. The first-order valence-corrected chi connectivity index (χ1v) is 10.9. The van der Waals surface area contributed by atoms with Crippen LogP contribution in [0.1, 0.15) is 44.6 Å². The molecule has 1 aliphatic carbocycles. The van der Waals surface area contributed by atoms with Crippen LogP contribution in [0.4, 0.5) is 4.79 Å². The Morgan fingerprint density at radius 1 is 1.33 bits per heavy atom. The van der Waals surface area contributed by atoms with Crippen molar-refractivity contribution < 1.29 is 14.3 Å². The van der Waals surface area contributed by atoms with E-state index in [0.717, 1.165) is 58.4 Å². The normalized spacial score (nSPS) is 24.6. The van der Waals surface area contributed by atoms with Gasteiger partial charge in [-0.25, -0.2) is 4.79 Å². The molecule has 3 heterocycles. The number of urea groups is 1. The number of piperidine rings is 1. The Morgan fingerprint density at radius 2 is 2.07 bits per heavy atom. The van der Waals surface area contributed by atoms with E-state index in [1.807, 2.05) is 9.80 Å². The summed E-state index contributed by atoms with van der Waals surface area (Å²) in [5.74, 6) is 0.155. The lowest BCUT2D eigenvalue weighted by atomic mass is 9.92. The maximum atomic E-state index is 12.5. The first kappa shape index (κ1) is 18.7. The Hall–Kier alpha value is -1.60. The lowest BCUT2D eigenvalue weighted by molar-refractivity contribution is -0.130. The van der Waals surface area contributed by atoms with Gasteiger partial charge in [0.15, 0.2) is 0 Å². The highest BCUT2D eigenvalue weighted by molar-refractivity contribution is 7.07. The van der Waals surface area contributed by atoms with E-state index >= 15 is 0 Å². The molecule has 148 valence electrons. The zero-order chi connectivity index (χ0) is 18.9. The van der Waals surface area contributed by atoms with E-state index in [9.17, 15) is 9.59 Å². The molecular weight excluding hydrogens is 362 g/mol. The van der Waals surface area contributed by atoms with Gasteiger partial charge in [0.05, 0.1) is 0 Å². The van der Waals surface area contributed by atoms with Gasteiger partial charge < -0.3 is 19.9 Å². The van der Waals surface area contributed by atoms with E-state index < -0.39 is 0 Å². The number of nitrogens with one attached hydrogen (secondary N) is 1. The van der Waals surface area contributed by atoms with Crippen molar-refractivity contribution in [2.24, 2.45) is 5.41 Å². The number of ether oxygens (including phenoxy) is 1. The first-order valence-electron chi connectivity index (χ1n) is 9.99. The molecule has 1 spiro atoms. The van der Waals surface area contributed by atoms with Crippen LogP contribution in [0.3, 0.4) is 0 Å². The molecule has 2 saturated heterocycles. The van der Waals surface area contributed by atoms with Crippen molar-refractivity contribution in [2.75, 3.05) is 26.3 Å². The van der Waals surface area contributed by atoms with Crippen molar-refractivity contribution in [1.82, 2.24) is 15.1 Å². The SMILES string of the molecule is CC(=O)N(Cc1ccsc1)C1CC12CCN(C(=O)NC1CCOCC1)CC2. The number of amides is 3. The average molecular weight is 392 g/mol.